The Balaban J connectivity index is 0.000000758. The van der Waals surface area contributed by atoms with Crippen LogP contribution in [0.25, 0.3) is 0 Å². The first kappa shape index (κ1) is 54.7. The molecule has 0 aliphatic carbocycles. The number of nitrogens with two attached hydrogens (primary N) is 1. The number of aliphatic carboxylic acids is 1. The number of nitrogen functional groups attached to an aromatic ring is 1. The van der Waals surface area contributed by atoms with E-state index in [-0.39, 0.29) is 17.7 Å². The number of esters is 2. The Hall–Kier alpha value is -6.31. The first-order valence-corrected chi connectivity index (χ1v) is 21.0. The number of rotatable bonds is 5. The normalized spacial score (nSPS) is 15.5. The molecule has 3 aliphatic rings. The van der Waals surface area contributed by atoms with Crippen molar-refractivity contribution in [3.63, 3.8) is 0 Å². The number of carbonyl (C=O) groups is 3. The van der Waals surface area contributed by atoms with Crippen LogP contribution in [0.15, 0.2) is 97.1 Å². The molecule has 0 spiro atoms. The molecule has 3 atom stereocenters. The topological polar surface area (TPSA) is 182 Å². The van der Waals surface area contributed by atoms with E-state index in [1.807, 2.05) is 146 Å². The number of anilines is 4. The molecule has 0 amide bonds. The summed E-state index contributed by atoms with van der Waals surface area (Å²) in [7, 11) is 3.80. The van der Waals surface area contributed by atoms with E-state index in [0.29, 0.717) is 50.0 Å². The Labute approximate surface area is 363 Å². The molecule has 5 N–H and O–H groups in total. The van der Waals surface area contributed by atoms with E-state index in [1.165, 1.54) is 0 Å². The number of aromatic hydroxyl groups is 1. The van der Waals surface area contributed by atoms with Crippen LogP contribution in [0.1, 0.15) is 69.2 Å². The molecule has 7 rings (SSSR count). The summed E-state index contributed by atoms with van der Waals surface area (Å²) in [5.74, 6) is 0.659. The number of fused-ring (bicyclic) bond motifs is 3. The second-order valence-electron chi connectivity index (χ2n) is 11.8. The van der Waals surface area contributed by atoms with E-state index in [2.05, 4.69) is 5.32 Å². The standard InChI is InChI=1S/C12H15NO3.C11H13NO3.C10H11NO3.C6H7NO.4C2H6/c1-3-15-12(14)11-8-13(2)9-6-4-5-7-10(9)16-11;1-2-14-11(13)10-7-12-8-5-3-4-6-9(8)15-10;1-11-6-9(10(12)13)14-8-5-3-2-4-7(8)11;7-5-3-1-2-4-6(5)8;4*1-2/h4-7,11H,3,8H2,1-2H3;3-6,10,12H,2,7H2,1H3;2-5,9H,6H2,1H3,(H,12,13);1-4,8H,7H2;4*1-2H3. The van der Waals surface area contributed by atoms with E-state index in [4.69, 9.17) is 39.6 Å². The smallest absolute Gasteiger partial charge is 0.349 e. The van der Waals surface area contributed by atoms with Crippen LogP contribution in [0.5, 0.6) is 23.0 Å². The van der Waals surface area contributed by atoms with Crippen molar-refractivity contribution in [1.82, 2.24) is 0 Å². The van der Waals surface area contributed by atoms with Crippen LogP contribution >= 0.6 is 0 Å². The molecule has 0 aromatic heterocycles. The second-order valence-corrected chi connectivity index (χ2v) is 11.8. The lowest BCUT2D eigenvalue weighted by molar-refractivity contribution is -0.151. The molecule has 0 bridgehead atoms. The Morgan fingerprint density at radius 1 is 0.623 bits per heavy atom. The molecular weight excluding hydrogens is 781 g/mol. The van der Waals surface area contributed by atoms with Gasteiger partial charge in [0.1, 0.15) is 23.0 Å². The van der Waals surface area contributed by atoms with Crippen LogP contribution in [0, 0.1) is 0 Å². The van der Waals surface area contributed by atoms with Crippen molar-refractivity contribution in [1.29, 1.82) is 0 Å². The number of carboxylic acid groups (broad SMARTS) is 1. The van der Waals surface area contributed by atoms with Crippen molar-refractivity contribution in [3.8, 4) is 23.0 Å². The van der Waals surface area contributed by atoms with Gasteiger partial charge in [0.25, 0.3) is 0 Å². The number of phenolic OH excluding ortho intramolecular Hbond substituents is 1. The lowest BCUT2D eigenvalue weighted by Gasteiger charge is -2.32. The SMILES string of the molecule is CC.CC.CC.CC.CCOC(=O)C1CN(C)c2ccccc2O1.CCOC(=O)C1CNc2ccccc2O1.CN1CC(C(=O)O)Oc2ccccc21.Nc1ccccc1O. The van der Waals surface area contributed by atoms with Crippen molar-refractivity contribution in [2.75, 3.05) is 67.8 Å². The number of phenols is 1. The molecule has 3 unspecified atom stereocenters. The number of carbonyl (C=O) groups excluding carboxylic acids is 2. The van der Waals surface area contributed by atoms with Crippen molar-refractivity contribution < 1.29 is 48.3 Å². The third-order valence-electron chi connectivity index (χ3n) is 7.92. The summed E-state index contributed by atoms with van der Waals surface area (Å²) >= 11 is 0. The number of hydrogen-bond acceptors (Lipinski definition) is 13. The highest BCUT2D eigenvalue weighted by Gasteiger charge is 2.30. The molecule has 0 saturated carbocycles. The van der Waals surface area contributed by atoms with Crippen molar-refractivity contribution in [3.05, 3.63) is 97.1 Å². The van der Waals surface area contributed by atoms with Gasteiger partial charge in [0.2, 0.25) is 18.3 Å². The molecule has 0 fully saturated rings. The first-order valence-electron chi connectivity index (χ1n) is 21.0. The summed E-state index contributed by atoms with van der Waals surface area (Å²) in [5.41, 5.74) is 8.55. The van der Waals surface area contributed by atoms with E-state index in [1.54, 1.807) is 44.2 Å². The number of carboxylic acids is 1. The molecule has 4 aromatic rings. The lowest BCUT2D eigenvalue weighted by Crippen LogP contribution is -2.43. The van der Waals surface area contributed by atoms with Gasteiger partial charge >= 0.3 is 17.9 Å². The van der Waals surface area contributed by atoms with Gasteiger partial charge in [-0.2, -0.15) is 0 Å². The van der Waals surface area contributed by atoms with Crippen LogP contribution in [-0.2, 0) is 23.9 Å². The fraction of sp³-hybridized carbons (Fsp3) is 0.426. The summed E-state index contributed by atoms with van der Waals surface area (Å²) in [6.07, 6.45) is -1.84. The summed E-state index contributed by atoms with van der Waals surface area (Å²) in [5, 5.41) is 20.8. The van der Waals surface area contributed by atoms with Crippen molar-refractivity contribution >= 4 is 40.7 Å². The maximum atomic E-state index is 11.6. The van der Waals surface area contributed by atoms with Crippen LogP contribution in [0.4, 0.5) is 22.7 Å². The maximum Gasteiger partial charge on any atom is 0.349 e. The Morgan fingerprint density at radius 2 is 1.02 bits per heavy atom. The highest BCUT2D eigenvalue weighted by Crippen LogP contribution is 2.33. The average molecular weight is 851 g/mol. The van der Waals surface area contributed by atoms with Crippen LogP contribution in [-0.4, -0.2) is 93.4 Å². The van der Waals surface area contributed by atoms with Gasteiger partial charge in [-0.25, -0.2) is 14.4 Å². The number of hydrogen-bond donors (Lipinski definition) is 4. The summed E-state index contributed by atoms with van der Waals surface area (Å²) in [4.78, 5) is 37.6. The fourth-order valence-electron chi connectivity index (χ4n) is 5.27. The zero-order valence-corrected chi connectivity index (χ0v) is 38.1. The minimum atomic E-state index is -0.925. The number of nitrogens with one attached hydrogen (secondary N) is 1. The van der Waals surface area contributed by atoms with Crippen molar-refractivity contribution in [2.24, 2.45) is 0 Å². The molecule has 61 heavy (non-hydrogen) atoms. The van der Waals surface area contributed by atoms with E-state index < -0.39 is 24.3 Å². The molecule has 3 aliphatic heterocycles. The van der Waals surface area contributed by atoms with Gasteiger partial charge in [0, 0.05) is 14.1 Å². The predicted molar refractivity (Wildman–Crippen MR) is 246 cm³/mol. The molecule has 0 radical (unpaired) electrons. The monoisotopic (exact) mass is 851 g/mol. The second kappa shape index (κ2) is 31.6. The van der Waals surface area contributed by atoms with Gasteiger partial charge in [0.15, 0.2) is 0 Å². The molecular formula is C47H70N4O10. The zero-order chi connectivity index (χ0) is 46.3. The molecule has 3 heterocycles. The van der Waals surface area contributed by atoms with Crippen molar-refractivity contribution in [2.45, 2.75) is 87.5 Å². The highest BCUT2D eigenvalue weighted by molar-refractivity contribution is 5.79. The first-order chi connectivity index (χ1) is 29.5. The van der Waals surface area contributed by atoms with Crippen LogP contribution < -0.4 is 35.1 Å². The number of likely N-dealkylation sites (N-methyl/N-ethyl adjacent to an activating group) is 2. The average Bonchev–Trinajstić information content (AvgIpc) is 3.30. The van der Waals surface area contributed by atoms with Gasteiger partial charge in [-0.1, -0.05) is 104 Å². The Morgan fingerprint density at radius 3 is 1.48 bits per heavy atom. The number of nitrogens with zero attached hydrogens (tertiary/aromatic N) is 2. The molecule has 14 nitrogen and oxygen atoms in total. The fourth-order valence-corrected chi connectivity index (χ4v) is 5.27. The van der Waals surface area contributed by atoms with Gasteiger partial charge in [0.05, 0.1) is 55.6 Å². The van der Waals surface area contributed by atoms with Gasteiger partial charge in [-0.3, -0.25) is 0 Å². The number of para-hydroxylation sites is 8. The van der Waals surface area contributed by atoms with E-state index >= 15 is 0 Å². The van der Waals surface area contributed by atoms with Crippen LogP contribution in [0.2, 0.25) is 0 Å². The number of ether oxygens (including phenoxy) is 5. The minimum absolute atomic E-state index is 0.146. The summed E-state index contributed by atoms with van der Waals surface area (Å²) < 4.78 is 26.3. The molecule has 338 valence electrons. The Kier molecular flexibility index (Phi) is 28.3. The Bertz CT molecular complexity index is 1800. The maximum absolute atomic E-state index is 11.6. The zero-order valence-electron chi connectivity index (χ0n) is 38.1. The molecule has 4 aromatic carbocycles. The third-order valence-corrected chi connectivity index (χ3v) is 7.92. The van der Waals surface area contributed by atoms with Gasteiger partial charge < -0.3 is 54.7 Å². The van der Waals surface area contributed by atoms with Gasteiger partial charge in [-0.15, -0.1) is 0 Å². The highest BCUT2D eigenvalue weighted by atomic mass is 16.6. The summed E-state index contributed by atoms with van der Waals surface area (Å²) in [6.45, 7) is 21.7. The van der Waals surface area contributed by atoms with E-state index in [9.17, 15) is 14.4 Å². The van der Waals surface area contributed by atoms with E-state index in [0.717, 1.165) is 22.8 Å². The lowest BCUT2D eigenvalue weighted by atomic mass is 10.2. The minimum Gasteiger partial charge on any atom is -0.506 e. The quantitative estimate of drug-likeness (QED) is 0.0848. The largest absolute Gasteiger partial charge is 0.506 e. The third kappa shape index (κ3) is 18.2. The predicted octanol–water partition coefficient (Wildman–Crippen LogP) is 8.92. The molecule has 14 heteroatoms. The van der Waals surface area contributed by atoms with Gasteiger partial charge in [-0.05, 0) is 62.4 Å². The summed E-state index contributed by atoms with van der Waals surface area (Å²) in [6, 6.07) is 29.3. The van der Waals surface area contributed by atoms with Crippen LogP contribution in [0.3, 0.4) is 0 Å². The molecule has 0 saturated heterocycles. The number of benzene rings is 4.